The number of aryl methyl sites for hydroxylation is 1. The lowest BCUT2D eigenvalue weighted by Crippen LogP contribution is -2.34. The van der Waals surface area contributed by atoms with Crippen molar-refractivity contribution in [1.29, 1.82) is 0 Å². The molecule has 0 radical (unpaired) electrons. The van der Waals surface area contributed by atoms with Crippen molar-refractivity contribution in [3.63, 3.8) is 0 Å². The molecule has 0 unspecified atom stereocenters. The van der Waals surface area contributed by atoms with Crippen molar-refractivity contribution < 1.29 is 4.92 Å². The molecular formula is C15H21N7O2S. The van der Waals surface area contributed by atoms with Crippen LogP contribution in [-0.2, 0) is 7.05 Å². The number of hydrogen-bond acceptors (Lipinski definition) is 7. The van der Waals surface area contributed by atoms with Crippen LogP contribution in [-0.4, -0.2) is 42.3 Å². The monoisotopic (exact) mass is 363 g/mol. The Kier molecular flexibility index (Phi) is 4.14. The number of aromatic nitrogens is 5. The number of piperidine rings is 1. The van der Waals surface area contributed by atoms with E-state index < -0.39 is 4.92 Å². The summed E-state index contributed by atoms with van der Waals surface area (Å²) in [6.45, 7) is 4.26. The molecule has 1 saturated carbocycles. The lowest BCUT2D eigenvalue weighted by molar-refractivity contribution is -0.392. The van der Waals surface area contributed by atoms with Gasteiger partial charge in [0.2, 0.25) is 12.3 Å². The maximum atomic E-state index is 11.2. The van der Waals surface area contributed by atoms with Gasteiger partial charge in [0, 0.05) is 26.2 Å². The molecule has 4 rings (SSSR count). The first-order chi connectivity index (χ1) is 12.0. The van der Waals surface area contributed by atoms with Gasteiger partial charge in [-0.1, -0.05) is 6.92 Å². The van der Waals surface area contributed by atoms with Crippen LogP contribution in [0.3, 0.4) is 0 Å². The summed E-state index contributed by atoms with van der Waals surface area (Å²) in [5, 5.41) is 21.2. The second kappa shape index (κ2) is 6.32. The van der Waals surface area contributed by atoms with Crippen molar-refractivity contribution in [2.45, 2.75) is 48.8 Å². The van der Waals surface area contributed by atoms with Crippen LogP contribution in [0.15, 0.2) is 16.5 Å². The Morgan fingerprint density at radius 2 is 1.96 bits per heavy atom. The minimum Gasteiger partial charge on any atom is -0.358 e. The Labute approximate surface area is 149 Å². The maximum Gasteiger partial charge on any atom is 0.396 e. The Balaban J connectivity index is 1.65. The lowest BCUT2D eigenvalue weighted by atomic mass is 10.00. The Morgan fingerprint density at radius 3 is 2.60 bits per heavy atom. The number of nitro groups is 1. The van der Waals surface area contributed by atoms with Crippen LogP contribution in [0.25, 0.3) is 0 Å². The molecule has 2 fully saturated rings. The molecule has 0 amide bonds. The van der Waals surface area contributed by atoms with Crippen molar-refractivity contribution in [3.05, 3.63) is 16.4 Å². The summed E-state index contributed by atoms with van der Waals surface area (Å²) in [5.74, 6) is 1.52. The van der Waals surface area contributed by atoms with Gasteiger partial charge in [0.15, 0.2) is 10.2 Å². The molecule has 0 bridgehead atoms. The summed E-state index contributed by atoms with van der Waals surface area (Å²) < 4.78 is 3.83. The second-order valence-electron chi connectivity index (χ2n) is 6.90. The summed E-state index contributed by atoms with van der Waals surface area (Å²) in [7, 11) is 1.76. The van der Waals surface area contributed by atoms with E-state index in [1.54, 1.807) is 11.6 Å². The van der Waals surface area contributed by atoms with E-state index >= 15 is 0 Å². The molecule has 1 aliphatic heterocycles. The highest BCUT2D eigenvalue weighted by Gasteiger charge is 2.34. The minimum absolute atomic E-state index is 0.133. The summed E-state index contributed by atoms with van der Waals surface area (Å²) >= 11 is 1.28. The largest absolute Gasteiger partial charge is 0.396 e. The molecule has 3 heterocycles. The maximum absolute atomic E-state index is 11.2. The van der Waals surface area contributed by atoms with Crippen molar-refractivity contribution in [2.75, 3.05) is 18.0 Å². The van der Waals surface area contributed by atoms with Gasteiger partial charge >= 0.3 is 5.82 Å². The van der Waals surface area contributed by atoms with Gasteiger partial charge in [-0.3, -0.25) is 4.57 Å². The zero-order valence-electron chi connectivity index (χ0n) is 14.3. The topological polar surface area (TPSA) is 94.9 Å². The molecule has 2 aromatic rings. The van der Waals surface area contributed by atoms with E-state index in [-0.39, 0.29) is 5.82 Å². The minimum atomic E-state index is -0.451. The average molecular weight is 363 g/mol. The van der Waals surface area contributed by atoms with E-state index in [9.17, 15) is 10.1 Å². The molecule has 2 aliphatic rings. The van der Waals surface area contributed by atoms with Gasteiger partial charge in [-0.15, -0.1) is 10.2 Å². The van der Waals surface area contributed by atoms with Crippen LogP contribution in [0.2, 0.25) is 0 Å². The van der Waals surface area contributed by atoms with Gasteiger partial charge in [0.25, 0.3) is 0 Å². The van der Waals surface area contributed by atoms with Crippen LogP contribution in [0.5, 0.6) is 0 Å². The number of nitrogens with zero attached hydrogens (tertiary/aromatic N) is 7. The zero-order valence-corrected chi connectivity index (χ0v) is 15.1. The van der Waals surface area contributed by atoms with E-state index in [1.165, 1.54) is 18.1 Å². The molecular weight excluding hydrogens is 342 g/mol. The standard InChI is InChI=1S/C15H21N7O2S/c1-10-5-7-20(8-6-10)14-17-18-15(21(14)11-3-4-11)25-13-12(22(23)24)16-9-19(13)2/h9-11H,3-8H2,1-2H3. The Bertz CT molecular complexity index is 790. The third-order valence-corrected chi connectivity index (χ3v) is 5.98. The molecule has 25 heavy (non-hydrogen) atoms. The third-order valence-electron chi connectivity index (χ3n) is 4.85. The summed E-state index contributed by atoms with van der Waals surface area (Å²) in [5.41, 5.74) is 0. The second-order valence-corrected chi connectivity index (χ2v) is 7.85. The highest BCUT2D eigenvalue weighted by molar-refractivity contribution is 7.99. The van der Waals surface area contributed by atoms with Crippen molar-refractivity contribution in [3.8, 4) is 0 Å². The summed E-state index contributed by atoms with van der Waals surface area (Å²) in [6, 6.07) is 0.402. The molecule has 0 N–H and O–H groups in total. The first-order valence-electron chi connectivity index (χ1n) is 8.58. The highest BCUT2D eigenvalue weighted by Crippen LogP contribution is 2.43. The smallest absolute Gasteiger partial charge is 0.358 e. The molecule has 134 valence electrons. The summed E-state index contributed by atoms with van der Waals surface area (Å²) in [4.78, 5) is 16.9. The molecule has 0 atom stereocenters. The predicted octanol–water partition coefficient (Wildman–Crippen LogP) is 2.64. The van der Waals surface area contributed by atoms with Gasteiger partial charge in [-0.2, -0.15) is 0 Å². The van der Waals surface area contributed by atoms with Gasteiger partial charge in [-0.25, -0.2) is 0 Å². The molecule has 0 spiro atoms. The Morgan fingerprint density at radius 1 is 1.24 bits per heavy atom. The van der Waals surface area contributed by atoms with Crippen molar-refractivity contribution in [1.82, 2.24) is 24.3 Å². The van der Waals surface area contributed by atoms with E-state index in [4.69, 9.17) is 0 Å². The van der Waals surface area contributed by atoms with Crippen LogP contribution in [0, 0.1) is 16.0 Å². The number of imidazole rings is 1. The van der Waals surface area contributed by atoms with Crippen LogP contribution in [0.1, 0.15) is 38.6 Å². The van der Waals surface area contributed by atoms with Gasteiger partial charge in [0.05, 0.1) is 0 Å². The highest BCUT2D eigenvalue weighted by atomic mass is 32.2. The normalized spacial score (nSPS) is 18.7. The van der Waals surface area contributed by atoms with E-state index in [0.717, 1.165) is 50.6 Å². The average Bonchev–Trinajstić information content (AvgIpc) is 3.24. The Hall–Kier alpha value is -2.10. The SMILES string of the molecule is CC1CCN(c2nnc(Sc3c([N+](=O)[O-])ncn3C)n2C2CC2)CC1. The van der Waals surface area contributed by atoms with E-state index in [0.29, 0.717) is 16.2 Å². The lowest BCUT2D eigenvalue weighted by Gasteiger charge is -2.31. The molecule has 9 nitrogen and oxygen atoms in total. The predicted molar refractivity (Wildman–Crippen MR) is 92.9 cm³/mol. The molecule has 0 aromatic carbocycles. The van der Waals surface area contributed by atoms with Crippen molar-refractivity contribution >= 4 is 23.5 Å². The van der Waals surface area contributed by atoms with Crippen molar-refractivity contribution in [2.24, 2.45) is 13.0 Å². The number of rotatable bonds is 5. The van der Waals surface area contributed by atoms with Crippen LogP contribution >= 0.6 is 11.8 Å². The van der Waals surface area contributed by atoms with E-state index in [1.807, 2.05) is 0 Å². The molecule has 1 saturated heterocycles. The molecule has 1 aliphatic carbocycles. The molecule has 10 heteroatoms. The zero-order chi connectivity index (χ0) is 17.6. The third kappa shape index (κ3) is 3.10. The van der Waals surface area contributed by atoms with Gasteiger partial charge in [-0.05, 0) is 53.3 Å². The first kappa shape index (κ1) is 16.4. The van der Waals surface area contributed by atoms with E-state index in [2.05, 4.69) is 31.6 Å². The number of hydrogen-bond donors (Lipinski definition) is 0. The van der Waals surface area contributed by atoms with Gasteiger partial charge in [0.1, 0.15) is 0 Å². The quantitative estimate of drug-likeness (QED) is 0.595. The fourth-order valence-corrected chi connectivity index (χ4v) is 4.14. The first-order valence-corrected chi connectivity index (χ1v) is 9.39. The molecule has 2 aromatic heterocycles. The van der Waals surface area contributed by atoms with Crippen LogP contribution in [0.4, 0.5) is 11.8 Å². The summed E-state index contributed by atoms with van der Waals surface area (Å²) in [6.07, 6.45) is 6.00. The fourth-order valence-electron chi connectivity index (χ4n) is 3.15. The number of anilines is 1. The van der Waals surface area contributed by atoms with Crippen LogP contribution < -0.4 is 4.90 Å². The van der Waals surface area contributed by atoms with Gasteiger partial charge < -0.3 is 19.6 Å². The fraction of sp³-hybridized carbons (Fsp3) is 0.667.